The molecule has 2 aromatic rings. The molecule has 1 aliphatic heterocycles. The number of carbonyl (C=O) groups excluding carboxylic acids is 2. The predicted molar refractivity (Wildman–Crippen MR) is 105 cm³/mol. The van der Waals surface area contributed by atoms with Crippen molar-refractivity contribution in [3.63, 3.8) is 0 Å². The van der Waals surface area contributed by atoms with E-state index in [1.165, 1.54) is 18.7 Å². The third-order valence-electron chi connectivity index (χ3n) is 4.22. The number of rotatable bonds is 7. The summed E-state index contributed by atoms with van der Waals surface area (Å²) in [4.78, 5) is 25.7. The van der Waals surface area contributed by atoms with Crippen molar-refractivity contribution in [2.75, 3.05) is 42.3 Å². The molecule has 1 saturated heterocycles. The molecule has 0 radical (unpaired) electrons. The zero-order chi connectivity index (χ0) is 19.2. The first-order valence-corrected chi connectivity index (χ1v) is 9.86. The van der Waals surface area contributed by atoms with Gasteiger partial charge >= 0.3 is 0 Å². The Labute approximate surface area is 162 Å². The van der Waals surface area contributed by atoms with Crippen LogP contribution in [0.1, 0.15) is 24.2 Å². The highest BCUT2D eigenvalue weighted by Crippen LogP contribution is 2.23. The van der Waals surface area contributed by atoms with Gasteiger partial charge in [-0.1, -0.05) is 11.8 Å². The van der Waals surface area contributed by atoms with Crippen LogP contribution in [0.25, 0.3) is 0 Å². The molecular formula is C18H23N5O3S. The van der Waals surface area contributed by atoms with Crippen molar-refractivity contribution in [1.82, 2.24) is 14.8 Å². The summed E-state index contributed by atoms with van der Waals surface area (Å²) in [5.74, 6) is 0.923. The number of hydrogen-bond acceptors (Lipinski definition) is 7. The Morgan fingerprint density at radius 2 is 1.89 bits per heavy atom. The highest BCUT2D eigenvalue weighted by molar-refractivity contribution is 7.99. The van der Waals surface area contributed by atoms with Crippen molar-refractivity contribution in [3.8, 4) is 0 Å². The number of anilines is 2. The van der Waals surface area contributed by atoms with Crippen LogP contribution < -0.4 is 10.2 Å². The molecule has 0 spiro atoms. The summed E-state index contributed by atoms with van der Waals surface area (Å²) < 4.78 is 7.40. The van der Waals surface area contributed by atoms with E-state index in [1.54, 1.807) is 24.3 Å². The Bertz CT molecular complexity index is 800. The number of benzene rings is 1. The van der Waals surface area contributed by atoms with E-state index in [1.807, 2.05) is 11.5 Å². The van der Waals surface area contributed by atoms with E-state index in [4.69, 9.17) is 4.74 Å². The molecule has 1 N–H and O–H groups in total. The number of aromatic nitrogens is 3. The average Bonchev–Trinajstić information content (AvgIpc) is 3.10. The zero-order valence-electron chi connectivity index (χ0n) is 15.5. The number of ether oxygens (including phenoxy) is 1. The normalized spacial score (nSPS) is 14.2. The first-order valence-electron chi connectivity index (χ1n) is 8.88. The van der Waals surface area contributed by atoms with E-state index in [2.05, 4.69) is 20.4 Å². The Morgan fingerprint density at radius 1 is 1.19 bits per heavy atom. The lowest BCUT2D eigenvalue weighted by Gasteiger charge is -2.27. The number of nitrogens with zero attached hydrogens (tertiary/aromatic N) is 4. The molecule has 144 valence electrons. The predicted octanol–water partition coefficient (Wildman–Crippen LogP) is 2.07. The van der Waals surface area contributed by atoms with E-state index in [9.17, 15) is 9.59 Å². The van der Waals surface area contributed by atoms with Crippen LogP contribution in [0, 0.1) is 0 Å². The van der Waals surface area contributed by atoms with Crippen molar-refractivity contribution < 1.29 is 14.3 Å². The molecule has 2 heterocycles. The number of carbonyl (C=O) groups is 2. The molecule has 27 heavy (non-hydrogen) atoms. The number of nitrogens with one attached hydrogen (secondary N) is 1. The SMILES string of the molecule is CCn1c(SCC(=O)Nc2ccc(C(C)=O)cc2)nnc1N1CCOCC1. The molecule has 0 atom stereocenters. The molecule has 8 nitrogen and oxygen atoms in total. The van der Waals surface area contributed by atoms with Gasteiger partial charge in [0.2, 0.25) is 11.9 Å². The number of morpholine rings is 1. The van der Waals surface area contributed by atoms with Crippen LogP contribution in [-0.4, -0.2) is 58.5 Å². The maximum Gasteiger partial charge on any atom is 0.234 e. The lowest BCUT2D eigenvalue weighted by molar-refractivity contribution is -0.113. The van der Waals surface area contributed by atoms with Gasteiger partial charge in [0, 0.05) is 30.9 Å². The van der Waals surface area contributed by atoms with Crippen LogP contribution in [0.3, 0.4) is 0 Å². The van der Waals surface area contributed by atoms with Gasteiger partial charge in [-0.15, -0.1) is 10.2 Å². The molecule has 0 unspecified atom stereocenters. The molecule has 1 aliphatic rings. The number of amides is 1. The van der Waals surface area contributed by atoms with Crippen LogP contribution in [-0.2, 0) is 16.1 Å². The first kappa shape index (κ1) is 19.4. The maximum absolute atomic E-state index is 12.2. The van der Waals surface area contributed by atoms with Crippen LogP contribution in [0.15, 0.2) is 29.4 Å². The minimum absolute atomic E-state index is 0.00148. The third kappa shape index (κ3) is 4.86. The summed E-state index contributed by atoms with van der Waals surface area (Å²) in [6.07, 6.45) is 0. The Balaban J connectivity index is 1.58. The molecular weight excluding hydrogens is 366 g/mol. The maximum atomic E-state index is 12.2. The van der Waals surface area contributed by atoms with Crippen LogP contribution in [0.5, 0.6) is 0 Å². The fraction of sp³-hybridized carbons (Fsp3) is 0.444. The van der Waals surface area contributed by atoms with Gasteiger partial charge in [0.25, 0.3) is 0 Å². The fourth-order valence-corrected chi connectivity index (χ4v) is 3.57. The van der Waals surface area contributed by atoms with Gasteiger partial charge in [0.15, 0.2) is 10.9 Å². The summed E-state index contributed by atoms with van der Waals surface area (Å²) in [5.41, 5.74) is 1.28. The van der Waals surface area contributed by atoms with Crippen LogP contribution in [0.4, 0.5) is 11.6 Å². The largest absolute Gasteiger partial charge is 0.378 e. The van der Waals surface area contributed by atoms with Crippen LogP contribution in [0.2, 0.25) is 0 Å². The summed E-state index contributed by atoms with van der Waals surface area (Å²) in [5, 5.41) is 12.1. The van der Waals surface area contributed by atoms with Gasteiger partial charge in [-0.2, -0.15) is 0 Å². The minimum Gasteiger partial charge on any atom is -0.378 e. The summed E-state index contributed by atoms with van der Waals surface area (Å²) in [6, 6.07) is 6.86. The van der Waals surface area contributed by atoms with E-state index in [-0.39, 0.29) is 17.4 Å². The van der Waals surface area contributed by atoms with E-state index in [0.29, 0.717) is 24.5 Å². The van der Waals surface area contributed by atoms with Gasteiger partial charge in [0.1, 0.15) is 0 Å². The smallest absolute Gasteiger partial charge is 0.234 e. The highest BCUT2D eigenvalue weighted by Gasteiger charge is 2.20. The second-order valence-corrected chi connectivity index (χ2v) is 7.04. The number of Topliss-reactive ketones (excluding diaryl/α,β-unsaturated/α-hetero) is 1. The third-order valence-corrected chi connectivity index (χ3v) is 5.18. The van der Waals surface area contributed by atoms with Crippen LogP contribution >= 0.6 is 11.8 Å². The standard InChI is InChI=1S/C18H23N5O3S/c1-3-23-17(22-8-10-26-11-9-22)20-21-18(23)27-12-16(25)19-15-6-4-14(5-7-15)13(2)24/h4-7H,3,8-12H2,1-2H3,(H,19,25). The van der Waals surface area contributed by atoms with Crippen molar-refractivity contribution in [2.45, 2.75) is 25.5 Å². The van der Waals surface area contributed by atoms with Gasteiger partial charge < -0.3 is 15.0 Å². The Kier molecular flexibility index (Phi) is 6.46. The van der Waals surface area contributed by atoms with Gasteiger partial charge in [-0.05, 0) is 38.1 Å². The number of ketones is 1. The molecule has 1 aromatic carbocycles. The summed E-state index contributed by atoms with van der Waals surface area (Å²) in [7, 11) is 0. The summed E-state index contributed by atoms with van der Waals surface area (Å²) in [6.45, 7) is 7.23. The first-order chi connectivity index (χ1) is 13.1. The second kappa shape index (κ2) is 9.01. The molecule has 1 amide bonds. The second-order valence-electron chi connectivity index (χ2n) is 6.10. The highest BCUT2D eigenvalue weighted by atomic mass is 32.2. The summed E-state index contributed by atoms with van der Waals surface area (Å²) >= 11 is 1.36. The monoisotopic (exact) mass is 389 g/mol. The van der Waals surface area contributed by atoms with Crippen molar-refractivity contribution in [2.24, 2.45) is 0 Å². The van der Waals surface area contributed by atoms with E-state index < -0.39 is 0 Å². The van der Waals surface area contributed by atoms with Crippen molar-refractivity contribution in [3.05, 3.63) is 29.8 Å². The lowest BCUT2D eigenvalue weighted by Crippen LogP contribution is -2.38. The minimum atomic E-state index is -0.130. The van der Waals surface area contributed by atoms with Crippen molar-refractivity contribution in [1.29, 1.82) is 0 Å². The molecule has 1 aromatic heterocycles. The molecule has 0 bridgehead atoms. The number of thioether (sulfide) groups is 1. The van der Waals surface area contributed by atoms with Gasteiger partial charge in [0.05, 0.1) is 19.0 Å². The zero-order valence-corrected chi connectivity index (χ0v) is 16.3. The van der Waals surface area contributed by atoms with Gasteiger partial charge in [-0.25, -0.2) is 0 Å². The van der Waals surface area contributed by atoms with Gasteiger partial charge in [-0.3, -0.25) is 14.2 Å². The number of hydrogen-bond donors (Lipinski definition) is 1. The molecule has 3 rings (SSSR count). The van der Waals surface area contributed by atoms with E-state index in [0.717, 1.165) is 30.7 Å². The quantitative estimate of drug-likeness (QED) is 0.573. The lowest BCUT2D eigenvalue weighted by atomic mass is 10.1. The van der Waals surface area contributed by atoms with Crippen molar-refractivity contribution >= 4 is 35.1 Å². The fourth-order valence-electron chi connectivity index (χ4n) is 2.78. The van der Waals surface area contributed by atoms with E-state index >= 15 is 0 Å². The molecule has 0 saturated carbocycles. The molecule has 9 heteroatoms. The molecule has 0 aliphatic carbocycles. The Morgan fingerprint density at radius 3 is 2.52 bits per heavy atom. The Hall–Kier alpha value is -2.39. The average molecular weight is 389 g/mol. The topological polar surface area (TPSA) is 89.3 Å². The molecule has 1 fully saturated rings.